The number of amides is 1. The molecule has 8 nitrogen and oxygen atoms in total. The van der Waals surface area contributed by atoms with Crippen molar-refractivity contribution >= 4 is 24.4 Å². The number of nitrogens with zero attached hydrogens (tertiary/aromatic N) is 4. The maximum absolute atomic E-state index is 12.2. The normalized spacial score (nSPS) is 16.4. The summed E-state index contributed by atoms with van der Waals surface area (Å²) in [5.74, 6) is 0.534. The van der Waals surface area contributed by atoms with Crippen LogP contribution in [0.15, 0.2) is 35.5 Å². The molecule has 8 heteroatoms. The number of hydrogen-bond acceptors (Lipinski definition) is 7. The van der Waals surface area contributed by atoms with Gasteiger partial charge in [-0.05, 0) is 19.7 Å². The van der Waals surface area contributed by atoms with E-state index in [2.05, 4.69) is 33.6 Å². The molecule has 0 aliphatic carbocycles. The van der Waals surface area contributed by atoms with Crippen LogP contribution in [0.4, 0.5) is 11.8 Å². The van der Waals surface area contributed by atoms with Gasteiger partial charge < -0.3 is 20.7 Å². The van der Waals surface area contributed by atoms with Gasteiger partial charge in [0.1, 0.15) is 11.5 Å². The average molecular weight is 330 g/mol. The van der Waals surface area contributed by atoms with Crippen molar-refractivity contribution in [3.05, 3.63) is 36.2 Å². The van der Waals surface area contributed by atoms with Crippen molar-refractivity contribution < 1.29 is 9.53 Å². The van der Waals surface area contributed by atoms with E-state index in [0.717, 1.165) is 0 Å². The molecule has 0 bridgehead atoms. The molecular weight excluding hydrogens is 308 g/mol. The number of nitrogens with one attached hydrogen (secondary N) is 1. The second-order valence-electron chi connectivity index (χ2n) is 5.26. The summed E-state index contributed by atoms with van der Waals surface area (Å²) in [6, 6.07) is 1.28. The molecule has 3 N–H and O–H groups in total. The van der Waals surface area contributed by atoms with E-state index in [1.54, 1.807) is 6.07 Å². The van der Waals surface area contributed by atoms with Gasteiger partial charge in [-0.3, -0.25) is 9.79 Å². The molecule has 24 heavy (non-hydrogen) atoms. The number of allylic oxidation sites excluding steroid dienone is 2. The van der Waals surface area contributed by atoms with E-state index in [1.807, 2.05) is 11.8 Å². The summed E-state index contributed by atoms with van der Waals surface area (Å²) in [7, 11) is 0. The predicted molar refractivity (Wildman–Crippen MR) is 93.9 cm³/mol. The molecule has 1 aliphatic rings. The second-order valence-corrected chi connectivity index (χ2v) is 5.26. The van der Waals surface area contributed by atoms with Gasteiger partial charge >= 0.3 is 0 Å². The van der Waals surface area contributed by atoms with Crippen molar-refractivity contribution in [2.45, 2.75) is 13.0 Å². The van der Waals surface area contributed by atoms with Crippen molar-refractivity contribution in [1.29, 1.82) is 0 Å². The number of carbonyl (C=O) groups is 1. The molecule has 1 atom stereocenters. The summed E-state index contributed by atoms with van der Waals surface area (Å²) in [5.41, 5.74) is 6.71. The summed E-state index contributed by atoms with van der Waals surface area (Å²) in [6.45, 7) is 11.4. The highest BCUT2D eigenvalue weighted by Gasteiger charge is 2.19. The molecule has 0 radical (unpaired) electrons. The Balaban J connectivity index is 2.16. The van der Waals surface area contributed by atoms with Crippen molar-refractivity contribution in [3.8, 4) is 0 Å². The molecule has 128 valence electrons. The largest absolute Gasteiger partial charge is 0.384 e. The lowest BCUT2D eigenvalue weighted by Gasteiger charge is -2.27. The van der Waals surface area contributed by atoms with Crippen LogP contribution in [0.2, 0.25) is 0 Å². The summed E-state index contributed by atoms with van der Waals surface area (Å²) in [5, 5.41) is 2.81. The van der Waals surface area contributed by atoms with Crippen LogP contribution in [0.5, 0.6) is 0 Å². The van der Waals surface area contributed by atoms with E-state index in [-0.39, 0.29) is 17.6 Å². The number of hydrogen-bond donors (Lipinski definition) is 2. The van der Waals surface area contributed by atoms with E-state index >= 15 is 0 Å². The van der Waals surface area contributed by atoms with Crippen LogP contribution >= 0.6 is 0 Å². The van der Waals surface area contributed by atoms with E-state index in [0.29, 0.717) is 43.8 Å². The Bertz CT molecular complexity index is 652. The van der Waals surface area contributed by atoms with Crippen molar-refractivity contribution in [2.75, 3.05) is 36.9 Å². The maximum atomic E-state index is 12.2. The molecule has 2 rings (SSSR count). The third kappa shape index (κ3) is 4.39. The quantitative estimate of drug-likeness (QED) is 0.455. The molecule has 1 aromatic heterocycles. The Hall–Kier alpha value is -2.74. The van der Waals surface area contributed by atoms with Gasteiger partial charge in [0.15, 0.2) is 0 Å². The fraction of sp³-hybridized carbons (Fsp3) is 0.375. The van der Waals surface area contributed by atoms with Crippen molar-refractivity contribution in [3.63, 3.8) is 0 Å². The molecule has 1 aliphatic heterocycles. The molecule has 2 heterocycles. The van der Waals surface area contributed by atoms with Gasteiger partial charge in [-0.25, -0.2) is 4.98 Å². The number of ether oxygens (including phenoxy) is 1. The first kappa shape index (κ1) is 17.6. The molecule has 1 aromatic rings. The van der Waals surface area contributed by atoms with Gasteiger partial charge in [0.25, 0.3) is 5.91 Å². The van der Waals surface area contributed by atoms with E-state index in [1.165, 1.54) is 12.2 Å². The molecule has 1 fully saturated rings. The zero-order chi connectivity index (χ0) is 17.5. The minimum atomic E-state index is -0.363. The van der Waals surface area contributed by atoms with E-state index in [4.69, 9.17) is 10.5 Å². The molecule has 1 saturated heterocycles. The highest BCUT2D eigenvalue weighted by atomic mass is 16.5. The van der Waals surface area contributed by atoms with Crippen LogP contribution < -0.4 is 16.0 Å². The minimum absolute atomic E-state index is 0.187. The fourth-order valence-electron chi connectivity index (χ4n) is 2.25. The summed E-state index contributed by atoms with van der Waals surface area (Å²) in [4.78, 5) is 26.6. The monoisotopic (exact) mass is 330 g/mol. The van der Waals surface area contributed by atoms with Crippen molar-refractivity contribution in [1.82, 2.24) is 15.3 Å². The first-order valence-electron chi connectivity index (χ1n) is 7.62. The standard InChI is InChI=1S/C16H22N6O2/c1-4-5-12(18-3)15(23)19-11(2)13-10-14(17)21-16(20-13)22-6-8-24-9-7-22/h4-5,10-11H,1,3,6-9H2,2H3,(H,19,23)(H2,17,20,21)/b12-5-. The molecule has 0 saturated carbocycles. The van der Waals surface area contributed by atoms with Gasteiger partial charge in [-0.2, -0.15) is 4.98 Å². The number of anilines is 2. The number of aliphatic imine (C=N–C) groups is 1. The highest BCUT2D eigenvalue weighted by molar-refractivity contribution is 5.94. The predicted octanol–water partition coefficient (Wildman–Crippen LogP) is 0.843. The molecular formula is C16H22N6O2. The first-order chi connectivity index (χ1) is 11.5. The van der Waals surface area contributed by atoms with Crippen LogP contribution in [-0.2, 0) is 9.53 Å². The number of morpholine rings is 1. The summed E-state index contributed by atoms with van der Waals surface area (Å²) >= 11 is 0. The third-order valence-corrected chi connectivity index (χ3v) is 3.52. The van der Waals surface area contributed by atoms with Crippen molar-refractivity contribution in [2.24, 2.45) is 4.99 Å². The van der Waals surface area contributed by atoms with Gasteiger partial charge in [0, 0.05) is 19.2 Å². The fourth-order valence-corrected chi connectivity index (χ4v) is 2.25. The Morgan fingerprint density at radius 3 is 2.83 bits per heavy atom. The zero-order valence-corrected chi connectivity index (χ0v) is 13.7. The topological polar surface area (TPSA) is 106 Å². The smallest absolute Gasteiger partial charge is 0.270 e. The van der Waals surface area contributed by atoms with Crippen LogP contribution in [0.1, 0.15) is 18.7 Å². The van der Waals surface area contributed by atoms with E-state index < -0.39 is 0 Å². The van der Waals surface area contributed by atoms with E-state index in [9.17, 15) is 4.79 Å². The average Bonchev–Trinajstić information content (AvgIpc) is 2.59. The van der Waals surface area contributed by atoms with Crippen LogP contribution in [0.3, 0.4) is 0 Å². The minimum Gasteiger partial charge on any atom is -0.384 e. The van der Waals surface area contributed by atoms with Crippen LogP contribution in [-0.4, -0.2) is 48.9 Å². The Morgan fingerprint density at radius 2 is 2.21 bits per heavy atom. The molecule has 1 unspecified atom stereocenters. The first-order valence-corrected chi connectivity index (χ1v) is 7.62. The Kier molecular flexibility index (Phi) is 6.02. The van der Waals surface area contributed by atoms with Gasteiger partial charge in [0.2, 0.25) is 5.95 Å². The SMILES string of the molecule is C=C/C=C(\N=C)C(=O)NC(C)c1cc(N)nc(N2CCOCC2)n1. The summed E-state index contributed by atoms with van der Waals surface area (Å²) in [6.07, 6.45) is 2.97. The Morgan fingerprint density at radius 1 is 1.50 bits per heavy atom. The number of rotatable bonds is 6. The molecule has 0 aromatic carbocycles. The zero-order valence-electron chi connectivity index (χ0n) is 13.7. The van der Waals surface area contributed by atoms with Gasteiger partial charge in [-0.15, -0.1) is 0 Å². The lowest BCUT2D eigenvalue weighted by atomic mass is 10.2. The highest BCUT2D eigenvalue weighted by Crippen LogP contribution is 2.18. The second kappa shape index (κ2) is 8.21. The Labute approximate surface area is 141 Å². The number of nitrogens with two attached hydrogens (primary N) is 1. The number of carbonyl (C=O) groups excluding carboxylic acids is 1. The van der Waals surface area contributed by atoms with Gasteiger partial charge in [-0.1, -0.05) is 12.7 Å². The van der Waals surface area contributed by atoms with Crippen LogP contribution in [0.25, 0.3) is 0 Å². The number of nitrogen functional groups attached to an aromatic ring is 1. The molecule has 0 spiro atoms. The maximum Gasteiger partial charge on any atom is 0.270 e. The molecule has 1 amide bonds. The number of aromatic nitrogens is 2. The third-order valence-electron chi connectivity index (χ3n) is 3.52. The van der Waals surface area contributed by atoms with Crippen LogP contribution in [0, 0.1) is 0 Å². The van der Waals surface area contributed by atoms with Gasteiger partial charge in [0.05, 0.1) is 24.9 Å². The summed E-state index contributed by atoms with van der Waals surface area (Å²) < 4.78 is 5.33. The lowest BCUT2D eigenvalue weighted by molar-refractivity contribution is -0.118. The lowest BCUT2D eigenvalue weighted by Crippen LogP contribution is -2.38.